The molecule has 4 fully saturated rings. The largest absolute Gasteiger partial charge is 0.392 e. The first kappa shape index (κ1) is 13.0. The Balaban J connectivity index is 0.000000155. The Morgan fingerprint density at radius 1 is 1.11 bits per heavy atom. The van der Waals surface area contributed by atoms with Crippen molar-refractivity contribution >= 4 is 11.9 Å². The third-order valence-electron chi connectivity index (χ3n) is 4.58. The monoisotopic (exact) mass is 268 g/mol. The lowest BCUT2D eigenvalue weighted by atomic mass is 9.69. The summed E-state index contributed by atoms with van der Waals surface area (Å²) < 4.78 is 10.2. The number of ether oxygens (including phenoxy) is 2. The molecule has 0 aromatic rings. The zero-order chi connectivity index (χ0) is 13.5. The fourth-order valence-corrected chi connectivity index (χ4v) is 3.46. The molecule has 0 aromatic carbocycles. The molecule has 0 aromatic heterocycles. The van der Waals surface area contributed by atoms with E-state index in [1.54, 1.807) is 6.92 Å². The highest BCUT2D eigenvalue weighted by molar-refractivity contribution is 6.00. The van der Waals surface area contributed by atoms with E-state index in [2.05, 4.69) is 15.4 Å². The van der Waals surface area contributed by atoms with Gasteiger partial charge in [-0.15, -0.1) is 0 Å². The normalized spacial score (nSPS) is 43.5. The highest BCUT2D eigenvalue weighted by Gasteiger charge is 2.69. The number of rotatable bonds is 0. The fraction of sp³-hybridized carbons (Fsp3) is 0.846. The van der Waals surface area contributed by atoms with Gasteiger partial charge in [-0.1, -0.05) is 0 Å². The second-order valence-corrected chi connectivity index (χ2v) is 5.71. The first-order valence-electron chi connectivity index (χ1n) is 6.97. The van der Waals surface area contributed by atoms with Crippen molar-refractivity contribution in [3.63, 3.8) is 0 Å². The molecule has 0 amide bonds. The smallest absolute Gasteiger partial charge is 0.323 e. The van der Waals surface area contributed by atoms with Crippen molar-refractivity contribution in [2.75, 3.05) is 26.2 Å². The maximum Gasteiger partial charge on any atom is 0.323 e. The summed E-state index contributed by atoms with van der Waals surface area (Å²) in [5.74, 6) is -1.12. The molecule has 0 saturated carbocycles. The van der Waals surface area contributed by atoms with Gasteiger partial charge in [-0.05, 0) is 19.8 Å². The summed E-state index contributed by atoms with van der Waals surface area (Å²) in [6.45, 7) is 6.34. The van der Waals surface area contributed by atoms with Crippen LogP contribution < -0.4 is 10.6 Å². The molecule has 2 bridgehead atoms. The van der Waals surface area contributed by atoms with Gasteiger partial charge in [0.1, 0.15) is 11.3 Å². The van der Waals surface area contributed by atoms with Gasteiger partial charge in [0.2, 0.25) is 0 Å². The maximum atomic E-state index is 11.5. The molecule has 0 unspecified atom stereocenters. The Kier molecular flexibility index (Phi) is 3.32. The van der Waals surface area contributed by atoms with Crippen molar-refractivity contribution in [1.29, 1.82) is 0 Å². The second kappa shape index (κ2) is 4.85. The number of esters is 2. The molecule has 4 heterocycles. The highest BCUT2D eigenvalue weighted by atomic mass is 16.6. The van der Waals surface area contributed by atoms with Gasteiger partial charge in [0, 0.05) is 26.2 Å². The molecule has 19 heavy (non-hydrogen) atoms. The van der Waals surface area contributed by atoms with Crippen LogP contribution in [0.2, 0.25) is 0 Å². The number of fused-ring (bicyclic) bond motifs is 5. The lowest BCUT2D eigenvalue weighted by molar-refractivity contribution is -0.158. The third kappa shape index (κ3) is 1.98. The van der Waals surface area contributed by atoms with Crippen LogP contribution >= 0.6 is 0 Å². The van der Waals surface area contributed by atoms with Gasteiger partial charge in [-0.3, -0.25) is 9.59 Å². The first-order chi connectivity index (χ1) is 9.14. The van der Waals surface area contributed by atoms with Crippen LogP contribution in [0.4, 0.5) is 0 Å². The van der Waals surface area contributed by atoms with Gasteiger partial charge in [0.05, 0.1) is 12.2 Å². The highest BCUT2D eigenvalue weighted by Crippen LogP contribution is 2.55. The van der Waals surface area contributed by atoms with Crippen LogP contribution in [0.5, 0.6) is 0 Å². The number of hydrogen-bond acceptors (Lipinski definition) is 6. The molecule has 4 saturated heterocycles. The van der Waals surface area contributed by atoms with E-state index in [0.717, 1.165) is 39.0 Å². The summed E-state index contributed by atoms with van der Waals surface area (Å²) >= 11 is 0. The quantitative estimate of drug-likeness (QED) is 0.453. The Bertz CT molecular complexity index is 385. The van der Waals surface area contributed by atoms with Crippen molar-refractivity contribution in [2.24, 2.45) is 11.3 Å². The van der Waals surface area contributed by atoms with Crippen molar-refractivity contribution in [3.8, 4) is 0 Å². The lowest BCUT2D eigenvalue weighted by Gasteiger charge is -2.25. The average molecular weight is 268 g/mol. The van der Waals surface area contributed by atoms with Crippen LogP contribution in [-0.4, -0.2) is 50.3 Å². The zero-order valence-corrected chi connectivity index (χ0v) is 11.1. The topological polar surface area (TPSA) is 76.7 Å². The van der Waals surface area contributed by atoms with Crippen LogP contribution in [0, 0.1) is 11.3 Å². The van der Waals surface area contributed by atoms with Crippen LogP contribution in [-0.2, 0) is 19.1 Å². The van der Waals surface area contributed by atoms with Crippen LogP contribution in [0.1, 0.15) is 19.8 Å². The molecule has 106 valence electrons. The number of hydrogen-bond donors (Lipinski definition) is 2. The average Bonchev–Trinajstić information content (AvgIpc) is 3.06. The summed E-state index contributed by atoms with van der Waals surface area (Å²) in [5, 5.41) is 6.44. The Morgan fingerprint density at radius 2 is 1.74 bits per heavy atom. The van der Waals surface area contributed by atoms with E-state index in [1.165, 1.54) is 0 Å². The number of carbonyl (C=O) groups excluding carboxylic acids is 2. The summed E-state index contributed by atoms with van der Waals surface area (Å²) in [5.41, 5.74) is -0.681. The molecule has 4 aliphatic rings. The summed E-state index contributed by atoms with van der Waals surface area (Å²) in [6.07, 6.45) is 1.59. The van der Waals surface area contributed by atoms with Crippen LogP contribution in [0.25, 0.3) is 0 Å². The Morgan fingerprint density at radius 3 is 2.26 bits per heavy atom. The first-order valence-corrected chi connectivity index (χ1v) is 6.97. The minimum atomic E-state index is -0.681. The van der Waals surface area contributed by atoms with Gasteiger partial charge >= 0.3 is 11.9 Å². The number of nitrogens with one attached hydrogen (secondary N) is 2. The van der Waals surface area contributed by atoms with Crippen molar-refractivity contribution in [1.82, 2.24) is 10.6 Å². The molecule has 0 aliphatic carbocycles. The second-order valence-electron chi connectivity index (χ2n) is 5.71. The third-order valence-corrected chi connectivity index (χ3v) is 4.58. The van der Waals surface area contributed by atoms with Gasteiger partial charge in [-0.2, -0.15) is 0 Å². The van der Waals surface area contributed by atoms with E-state index in [1.807, 2.05) is 0 Å². The Labute approximate surface area is 112 Å². The SMILES string of the molecule is C1CNCCN1.C[C@@]12C(=O)OC(=O)[C@H]1[C@H]1CC[C@@H]2O1. The molecule has 6 heteroatoms. The molecular formula is C13H20N2O4. The number of piperazine rings is 1. The molecule has 2 N–H and O–H groups in total. The summed E-state index contributed by atoms with van der Waals surface area (Å²) in [6, 6.07) is 0. The van der Waals surface area contributed by atoms with E-state index in [0.29, 0.717) is 0 Å². The predicted molar refractivity (Wildman–Crippen MR) is 66.3 cm³/mol. The van der Waals surface area contributed by atoms with Crippen LogP contribution in [0.3, 0.4) is 0 Å². The van der Waals surface area contributed by atoms with Gasteiger partial charge in [0.25, 0.3) is 0 Å². The molecule has 6 nitrogen and oxygen atoms in total. The van der Waals surface area contributed by atoms with E-state index < -0.39 is 11.4 Å². The molecule has 4 aliphatic heterocycles. The molecule has 0 spiro atoms. The number of cyclic esters (lactones) is 2. The van der Waals surface area contributed by atoms with Gasteiger partial charge < -0.3 is 20.1 Å². The van der Waals surface area contributed by atoms with E-state index in [4.69, 9.17) is 4.74 Å². The van der Waals surface area contributed by atoms with Gasteiger partial charge in [0.15, 0.2) is 0 Å². The number of carbonyl (C=O) groups is 2. The minimum Gasteiger partial charge on any atom is -0.392 e. The molecule has 0 radical (unpaired) electrons. The molecule has 4 atom stereocenters. The van der Waals surface area contributed by atoms with Crippen molar-refractivity contribution in [2.45, 2.75) is 32.0 Å². The molecule has 4 rings (SSSR count). The van der Waals surface area contributed by atoms with E-state index >= 15 is 0 Å². The van der Waals surface area contributed by atoms with Crippen LogP contribution in [0.15, 0.2) is 0 Å². The maximum absolute atomic E-state index is 11.5. The van der Waals surface area contributed by atoms with Crippen molar-refractivity contribution < 1.29 is 19.1 Å². The van der Waals surface area contributed by atoms with Crippen molar-refractivity contribution in [3.05, 3.63) is 0 Å². The summed E-state index contributed by atoms with van der Waals surface area (Å²) in [7, 11) is 0. The minimum absolute atomic E-state index is 0.0750. The summed E-state index contributed by atoms with van der Waals surface area (Å²) in [4.78, 5) is 22.8. The van der Waals surface area contributed by atoms with Gasteiger partial charge in [-0.25, -0.2) is 0 Å². The predicted octanol–water partition coefficient (Wildman–Crippen LogP) is -0.567. The standard InChI is InChI=1S/C9H10O4.C4H10N2/c1-9-5-3-2-4(12-5)6(9)7(10)13-8(9)11;1-2-6-4-3-5-1/h4-6H,2-3H2,1H3;5-6H,1-4H2/t4-,5+,6-,9+;/m1./s1. The fourth-order valence-electron chi connectivity index (χ4n) is 3.46. The van der Waals surface area contributed by atoms with E-state index in [-0.39, 0.29) is 24.1 Å². The van der Waals surface area contributed by atoms with E-state index in [9.17, 15) is 9.59 Å². The molecular weight excluding hydrogens is 248 g/mol. The lowest BCUT2D eigenvalue weighted by Crippen LogP contribution is -2.40. The zero-order valence-electron chi connectivity index (χ0n) is 11.1. The Hall–Kier alpha value is -0.980.